The molecule has 1 rings (SSSR count). The van der Waals surface area contributed by atoms with Gasteiger partial charge in [0.05, 0.1) is 13.2 Å². The van der Waals surface area contributed by atoms with Gasteiger partial charge < -0.3 is 4.89 Å². The Labute approximate surface area is 40.8 Å². The fraction of sp³-hybridized carbons (Fsp3) is 1.00. The first-order chi connectivity index (χ1) is 3.21. The van der Waals surface area contributed by atoms with Crippen molar-refractivity contribution in [2.75, 3.05) is 13.2 Å². The molecule has 7 heavy (non-hydrogen) atoms. The molecule has 0 unspecified atom stereocenters. The molecule has 0 spiro atoms. The summed E-state index contributed by atoms with van der Waals surface area (Å²) in [6.45, 7) is 0.335. The quantitative estimate of drug-likeness (QED) is 0.486. The average molecular weight is 127 g/mol. The van der Waals surface area contributed by atoms with Crippen LogP contribution in [0.4, 0.5) is 4.20 Å². The third-order valence-electron chi connectivity index (χ3n) is 0.584. The first kappa shape index (κ1) is 5.38. The summed E-state index contributed by atoms with van der Waals surface area (Å²) in [6.07, 6.45) is 0. The Hall–Kier alpha value is 0.240. The van der Waals surface area contributed by atoms with E-state index in [0.29, 0.717) is 0 Å². The van der Waals surface area contributed by atoms with Crippen molar-refractivity contribution >= 4 is 8.25 Å². The Morgan fingerprint density at radius 2 is 1.86 bits per heavy atom. The molecule has 0 aromatic rings. The van der Waals surface area contributed by atoms with Gasteiger partial charge in [0, 0.05) is 0 Å². The van der Waals surface area contributed by atoms with E-state index in [0.717, 1.165) is 0 Å². The average Bonchev–Trinajstić information content (AvgIpc) is 1.84. The van der Waals surface area contributed by atoms with Crippen LogP contribution >= 0.6 is 8.25 Å². The Morgan fingerprint density at radius 3 is 2.00 bits per heavy atom. The van der Waals surface area contributed by atoms with Gasteiger partial charge in [-0.15, -0.1) is 4.20 Å². The number of hydrogen-bond donors (Lipinski definition) is 1. The first-order valence-electron chi connectivity index (χ1n) is 1.81. The van der Waals surface area contributed by atoms with Gasteiger partial charge in [-0.25, -0.2) is 0 Å². The van der Waals surface area contributed by atoms with E-state index in [1.807, 2.05) is 0 Å². The molecule has 1 radical (unpaired) electrons. The zero-order valence-electron chi connectivity index (χ0n) is 3.50. The van der Waals surface area contributed by atoms with Crippen molar-refractivity contribution in [2.24, 2.45) is 0 Å². The van der Waals surface area contributed by atoms with Gasteiger partial charge in [-0.2, -0.15) is 0 Å². The van der Waals surface area contributed by atoms with E-state index in [1.165, 1.54) is 0 Å². The molecule has 0 atom stereocenters. The zero-order chi connectivity index (χ0) is 5.33. The predicted octanol–water partition coefficient (Wildman–Crippen LogP) is 0.673. The van der Waals surface area contributed by atoms with Gasteiger partial charge in [-0.3, -0.25) is 9.05 Å². The summed E-state index contributed by atoms with van der Waals surface area (Å²) < 4.78 is 20.1. The topological polar surface area (TPSA) is 38.7 Å². The molecule has 3 nitrogen and oxygen atoms in total. The summed E-state index contributed by atoms with van der Waals surface area (Å²) in [6, 6.07) is 0. The van der Waals surface area contributed by atoms with Crippen LogP contribution in [0.25, 0.3) is 0 Å². The maximum atomic E-state index is 11.8. The summed E-state index contributed by atoms with van der Waals surface area (Å²) >= 11 is 0. The molecular formula is C2H5FO3P. The highest BCUT2D eigenvalue weighted by atomic mass is 31.3. The van der Waals surface area contributed by atoms with Crippen LogP contribution in [0.2, 0.25) is 0 Å². The fourth-order valence-corrected chi connectivity index (χ4v) is 1.01. The van der Waals surface area contributed by atoms with Crippen LogP contribution in [-0.4, -0.2) is 18.1 Å². The van der Waals surface area contributed by atoms with Crippen molar-refractivity contribution in [3.05, 3.63) is 0 Å². The van der Waals surface area contributed by atoms with Crippen molar-refractivity contribution in [1.82, 2.24) is 0 Å². The second-order valence-electron chi connectivity index (χ2n) is 1.12. The lowest BCUT2D eigenvalue weighted by Gasteiger charge is -2.06. The lowest BCUT2D eigenvalue weighted by atomic mass is 10.8. The van der Waals surface area contributed by atoms with Gasteiger partial charge in [0.2, 0.25) is 0 Å². The minimum Gasteiger partial charge on any atom is -0.311 e. The van der Waals surface area contributed by atoms with Crippen molar-refractivity contribution in [3.63, 3.8) is 0 Å². The molecule has 0 saturated carbocycles. The van der Waals surface area contributed by atoms with Crippen molar-refractivity contribution in [2.45, 2.75) is 0 Å². The predicted molar refractivity (Wildman–Crippen MR) is 22.2 cm³/mol. The third-order valence-corrected chi connectivity index (χ3v) is 1.59. The van der Waals surface area contributed by atoms with Crippen LogP contribution in [0.1, 0.15) is 0 Å². The van der Waals surface area contributed by atoms with E-state index in [9.17, 15) is 4.20 Å². The smallest absolute Gasteiger partial charge is 0.311 e. The van der Waals surface area contributed by atoms with E-state index < -0.39 is 8.25 Å². The molecule has 5 heteroatoms. The number of hydrogen-bond acceptors (Lipinski definition) is 3. The summed E-state index contributed by atoms with van der Waals surface area (Å²) in [5.74, 6) is 0. The van der Waals surface area contributed by atoms with Gasteiger partial charge in [0.1, 0.15) is 0 Å². The molecule has 1 heterocycles. The van der Waals surface area contributed by atoms with Gasteiger partial charge in [-0.05, 0) is 0 Å². The summed E-state index contributed by atoms with van der Waals surface area (Å²) in [5, 5.41) is 0. The minimum atomic E-state index is -3.79. The summed E-state index contributed by atoms with van der Waals surface area (Å²) in [4.78, 5) is 8.19. The van der Waals surface area contributed by atoms with Gasteiger partial charge in [0.15, 0.2) is 0 Å². The lowest BCUT2D eigenvalue weighted by Crippen LogP contribution is -1.79. The summed E-state index contributed by atoms with van der Waals surface area (Å²) in [5.41, 5.74) is 0. The minimum absolute atomic E-state index is 0.167. The lowest BCUT2D eigenvalue weighted by molar-refractivity contribution is 0.261. The molecule has 1 N–H and O–H groups in total. The van der Waals surface area contributed by atoms with Crippen LogP contribution in [0.15, 0.2) is 0 Å². The van der Waals surface area contributed by atoms with Crippen LogP contribution < -0.4 is 0 Å². The second-order valence-corrected chi connectivity index (χ2v) is 2.54. The molecule has 43 valence electrons. The van der Waals surface area contributed by atoms with Crippen LogP contribution in [0.3, 0.4) is 0 Å². The van der Waals surface area contributed by atoms with Gasteiger partial charge in [-0.1, -0.05) is 0 Å². The molecule has 1 aliphatic heterocycles. The van der Waals surface area contributed by atoms with E-state index in [1.54, 1.807) is 0 Å². The van der Waals surface area contributed by atoms with Gasteiger partial charge in [0.25, 0.3) is 0 Å². The monoisotopic (exact) mass is 127 g/mol. The molecule has 0 aromatic carbocycles. The molecule has 1 fully saturated rings. The highest BCUT2D eigenvalue weighted by Gasteiger charge is 2.32. The molecular weight excluding hydrogens is 122 g/mol. The van der Waals surface area contributed by atoms with Crippen molar-refractivity contribution < 1.29 is 18.1 Å². The van der Waals surface area contributed by atoms with Crippen molar-refractivity contribution in [1.29, 1.82) is 0 Å². The highest BCUT2D eigenvalue weighted by Crippen LogP contribution is 2.61. The molecule has 0 aliphatic carbocycles. The number of rotatable bonds is 0. The molecule has 0 bridgehead atoms. The maximum Gasteiger partial charge on any atom is 0.416 e. The second kappa shape index (κ2) is 1.63. The molecule has 0 aromatic heterocycles. The standard InChI is InChI=1S/C2H5FO3P/c3-7(4)5-1-2-6-7/h4H,1-2H2. The van der Waals surface area contributed by atoms with Crippen molar-refractivity contribution in [3.8, 4) is 0 Å². The van der Waals surface area contributed by atoms with Crippen LogP contribution in [-0.2, 0) is 9.05 Å². The first-order valence-corrected chi connectivity index (χ1v) is 3.28. The van der Waals surface area contributed by atoms with E-state index in [2.05, 4.69) is 9.05 Å². The van der Waals surface area contributed by atoms with Gasteiger partial charge >= 0.3 is 8.25 Å². The zero-order valence-corrected chi connectivity index (χ0v) is 4.40. The highest BCUT2D eigenvalue weighted by molar-refractivity contribution is 7.55. The fourth-order valence-electron chi connectivity index (χ4n) is 0.337. The maximum absolute atomic E-state index is 11.8. The van der Waals surface area contributed by atoms with Crippen LogP contribution in [0.5, 0.6) is 0 Å². The molecule has 1 saturated heterocycles. The Bertz CT molecular complexity index is 67.3. The summed E-state index contributed by atoms with van der Waals surface area (Å²) in [7, 11) is -3.79. The normalized spacial score (nSPS) is 28.3. The van der Waals surface area contributed by atoms with E-state index in [4.69, 9.17) is 4.89 Å². The van der Waals surface area contributed by atoms with Crippen LogP contribution in [0, 0.1) is 0 Å². The van der Waals surface area contributed by atoms with E-state index in [-0.39, 0.29) is 13.2 Å². The Balaban J connectivity index is 2.40. The Kier molecular flexibility index (Phi) is 1.26. The third kappa shape index (κ3) is 1.31. The largest absolute Gasteiger partial charge is 0.416 e. The van der Waals surface area contributed by atoms with E-state index >= 15 is 0 Å². The molecule has 1 aliphatic rings. The number of halogens is 1. The molecule has 0 amide bonds. The SMILES string of the molecule is O[P]1(F)OCCO1. The Morgan fingerprint density at radius 1 is 1.43 bits per heavy atom.